The fraction of sp³-hybridized carbons (Fsp3) is 0.111. The van der Waals surface area contributed by atoms with Gasteiger partial charge >= 0.3 is 0 Å². The van der Waals surface area contributed by atoms with Crippen LogP contribution in [0.2, 0.25) is 0 Å². The van der Waals surface area contributed by atoms with Crippen LogP contribution >= 0.6 is 11.8 Å². The van der Waals surface area contributed by atoms with Crippen molar-refractivity contribution in [3.05, 3.63) is 66.3 Å². The van der Waals surface area contributed by atoms with E-state index in [1.807, 2.05) is 41.9 Å². The van der Waals surface area contributed by atoms with Crippen molar-refractivity contribution in [3.63, 3.8) is 0 Å². The summed E-state index contributed by atoms with van der Waals surface area (Å²) >= 11 is 1.45. The Morgan fingerprint density at radius 3 is 2.46 bits per heavy atom. The molecule has 26 heavy (non-hydrogen) atoms. The molecule has 8 heteroatoms. The molecule has 6 nitrogen and oxygen atoms in total. The molecule has 0 unspecified atom stereocenters. The molecule has 0 amide bonds. The predicted octanol–water partition coefficient (Wildman–Crippen LogP) is 3.96. The van der Waals surface area contributed by atoms with Crippen molar-refractivity contribution < 1.29 is 8.81 Å². The lowest BCUT2D eigenvalue weighted by molar-refractivity contribution is 0.528. The number of nitrogens with zero attached hydrogens (tertiary/aromatic N) is 5. The van der Waals surface area contributed by atoms with Gasteiger partial charge in [0, 0.05) is 18.2 Å². The first kappa shape index (κ1) is 16.5. The summed E-state index contributed by atoms with van der Waals surface area (Å²) in [6, 6.07) is 15.8. The van der Waals surface area contributed by atoms with Crippen molar-refractivity contribution in [3.8, 4) is 22.8 Å². The number of aromatic nitrogens is 5. The maximum absolute atomic E-state index is 13.1. The van der Waals surface area contributed by atoms with Gasteiger partial charge in [-0.05, 0) is 36.4 Å². The third-order valence-corrected chi connectivity index (χ3v) is 4.75. The predicted molar refractivity (Wildman–Crippen MR) is 95.7 cm³/mol. The average molecular weight is 367 g/mol. The Balaban J connectivity index is 1.47. The normalized spacial score (nSPS) is 11.0. The summed E-state index contributed by atoms with van der Waals surface area (Å²) in [4.78, 5) is 0. The standard InChI is InChI=1S/C18H14FN5OS/c1-24-16(12-7-9-14(19)10-8-12)21-23-18(24)26-11-15-20-22-17(25-15)13-5-3-2-4-6-13/h2-10H,11H2,1H3. The summed E-state index contributed by atoms with van der Waals surface area (Å²) in [6.07, 6.45) is 0. The van der Waals surface area contributed by atoms with Crippen molar-refractivity contribution in [1.82, 2.24) is 25.0 Å². The zero-order valence-corrected chi connectivity index (χ0v) is 14.7. The maximum Gasteiger partial charge on any atom is 0.247 e. The molecule has 0 saturated carbocycles. The first-order valence-electron chi connectivity index (χ1n) is 7.86. The second-order valence-electron chi connectivity index (χ2n) is 5.53. The van der Waals surface area contributed by atoms with Crippen LogP contribution in [0.1, 0.15) is 5.89 Å². The fourth-order valence-corrected chi connectivity index (χ4v) is 3.17. The summed E-state index contributed by atoms with van der Waals surface area (Å²) in [6.45, 7) is 0. The van der Waals surface area contributed by atoms with Gasteiger partial charge in [-0.1, -0.05) is 30.0 Å². The van der Waals surface area contributed by atoms with E-state index in [-0.39, 0.29) is 5.82 Å². The van der Waals surface area contributed by atoms with Gasteiger partial charge in [0.15, 0.2) is 11.0 Å². The van der Waals surface area contributed by atoms with Crippen LogP contribution in [0.25, 0.3) is 22.8 Å². The molecular weight excluding hydrogens is 353 g/mol. The molecule has 2 heterocycles. The van der Waals surface area contributed by atoms with Crippen LogP contribution in [-0.2, 0) is 12.8 Å². The molecule has 0 saturated heterocycles. The Morgan fingerprint density at radius 2 is 1.69 bits per heavy atom. The lowest BCUT2D eigenvalue weighted by Gasteiger charge is -2.02. The van der Waals surface area contributed by atoms with Crippen molar-refractivity contribution in [2.75, 3.05) is 0 Å². The monoisotopic (exact) mass is 367 g/mol. The molecule has 0 bridgehead atoms. The number of hydrogen-bond acceptors (Lipinski definition) is 6. The van der Waals surface area contributed by atoms with Gasteiger partial charge in [0.05, 0.1) is 5.75 Å². The Morgan fingerprint density at radius 1 is 0.923 bits per heavy atom. The topological polar surface area (TPSA) is 69.6 Å². The molecular formula is C18H14FN5OS. The van der Waals surface area contributed by atoms with Crippen LogP contribution in [0.15, 0.2) is 64.2 Å². The number of thioether (sulfide) groups is 1. The maximum atomic E-state index is 13.1. The molecule has 0 N–H and O–H groups in total. The van der Waals surface area contributed by atoms with Crippen LogP contribution in [0, 0.1) is 5.82 Å². The van der Waals surface area contributed by atoms with E-state index >= 15 is 0 Å². The molecule has 2 aromatic carbocycles. The van der Waals surface area contributed by atoms with E-state index in [4.69, 9.17) is 4.42 Å². The number of hydrogen-bond donors (Lipinski definition) is 0. The molecule has 130 valence electrons. The summed E-state index contributed by atoms with van der Waals surface area (Å²) in [7, 11) is 1.87. The summed E-state index contributed by atoms with van der Waals surface area (Å²) in [5.74, 6) is 1.88. The first-order chi connectivity index (χ1) is 12.7. The zero-order chi connectivity index (χ0) is 17.9. The van der Waals surface area contributed by atoms with Crippen LogP contribution in [0.4, 0.5) is 4.39 Å². The lowest BCUT2D eigenvalue weighted by atomic mass is 10.2. The van der Waals surface area contributed by atoms with E-state index in [1.165, 1.54) is 23.9 Å². The van der Waals surface area contributed by atoms with Gasteiger partial charge in [0.1, 0.15) is 5.82 Å². The second kappa shape index (κ2) is 7.09. The zero-order valence-electron chi connectivity index (χ0n) is 13.8. The van der Waals surface area contributed by atoms with Crippen molar-refractivity contribution in [1.29, 1.82) is 0 Å². The fourth-order valence-electron chi connectivity index (χ4n) is 2.43. The van der Waals surface area contributed by atoms with Crippen LogP contribution < -0.4 is 0 Å². The molecule has 0 aliphatic rings. The third-order valence-electron chi connectivity index (χ3n) is 3.75. The highest BCUT2D eigenvalue weighted by Gasteiger charge is 2.14. The highest BCUT2D eigenvalue weighted by molar-refractivity contribution is 7.98. The smallest absolute Gasteiger partial charge is 0.247 e. The van der Waals surface area contributed by atoms with E-state index in [1.54, 1.807) is 12.1 Å². The summed E-state index contributed by atoms with van der Waals surface area (Å²) < 4.78 is 20.6. The average Bonchev–Trinajstić information content (AvgIpc) is 3.29. The molecule has 0 atom stereocenters. The van der Waals surface area contributed by atoms with E-state index < -0.39 is 0 Å². The number of rotatable bonds is 5. The van der Waals surface area contributed by atoms with Crippen molar-refractivity contribution in [2.24, 2.45) is 7.05 Å². The molecule has 0 fully saturated rings. The largest absolute Gasteiger partial charge is 0.420 e. The first-order valence-corrected chi connectivity index (χ1v) is 8.85. The van der Waals surface area contributed by atoms with Gasteiger partial charge in [0.2, 0.25) is 11.8 Å². The molecule has 0 radical (unpaired) electrons. The van der Waals surface area contributed by atoms with Gasteiger partial charge < -0.3 is 8.98 Å². The Hall–Kier alpha value is -3.00. The highest BCUT2D eigenvalue weighted by atomic mass is 32.2. The van der Waals surface area contributed by atoms with Gasteiger partial charge in [-0.25, -0.2) is 4.39 Å². The molecule has 0 aliphatic carbocycles. The Kier molecular flexibility index (Phi) is 4.49. The summed E-state index contributed by atoms with van der Waals surface area (Å²) in [5, 5.41) is 17.2. The highest BCUT2D eigenvalue weighted by Crippen LogP contribution is 2.26. The van der Waals surface area contributed by atoms with E-state index in [2.05, 4.69) is 20.4 Å². The summed E-state index contributed by atoms with van der Waals surface area (Å²) in [5.41, 5.74) is 1.69. The molecule has 0 aliphatic heterocycles. The minimum atomic E-state index is -0.281. The quantitative estimate of drug-likeness (QED) is 0.497. The molecule has 0 spiro atoms. The van der Waals surface area contributed by atoms with Crippen LogP contribution in [0.3, 0.4) is 0 Å². The van der Waals surface area contributed by atoms with Crippen LogP contribution in [0.5, 0.6) is 0 Å². The minimum absolute atomic E-state index is 0.281. The Bertz CT molecular complexity index is 1010. The van der Waals surface area contributed by atoms with Crippen molar-refractivity contribution >= 4 is 11.8 Å². The van der Waals surface area contributed by atoms with Crippen molar-refractivity contribution in [2.45, 2.75) is 10.9 Å². The van der Waals surface area contributed by atoms with Gasteiger partial charge in [-0.3, -0.25) is 0 Å². The van der Waals surface area contributed by atoms with Gasteiger partial charge in [-0.15, -0.1) is 20.4 Å². The van der Waals surface area contributed by atoms with Crippen LogP contribution in [-0.4, -0.2) is 25.0 Å². The van der Waals surface area contributed by atoms with E-state index in [9.17, 15) is 4.39 Å². The lowest BCUT2D eigenvalue weighted by Crippen LogP contribution is -1.95. The van der Waals surface area contributed by atoms with Gasteiger partial charge in [0.25, 0.3) is 0 Å². The molecule has 4 aromatic rings. The van der Waals surface area contributed by atoms with E-state index in [0.29, 0.717) is 28.5 Å². The van der Waals surface area contributed by atoms with E-state index in [0.717, 1.165) is 11.1 Å². The number of halogens is 1. The molecule has 2 aromatic heterocycles. The SMILES string of the molecule is Cn1c(SCc2nnc(-c3ccccc3)o2)nnc1-c1ccc(F)cc1. The second-order valence-corrected chi connectivity index (χ2v) is 6.47. The minimum Gasteiger partial charge on any atom is -0.420 e. The Labute approximate surface area is 153 Å². The third kappa shape index (κ3) is 3.36. The number of benzene rings is 2. The van der Waals surface area contributed by atoms with Gasteiger partial charge in [-0.2, -0.15) is 0 Å². The molecule has 4 rings (SSSR count).